The van der Waals surface area contributed by atoms with Crippen LogP contribution in [0.5, 0.6) is 0 Å². The molecular formula is C21H28N4O5. The molecule has 1 heterocycles. The highest BCUT2D eigenvalue weighted by atomic mass is 16.4. The Hall–Kier alpha value is -3.23. The monoisotopic (exact) mass is 416 g/mol. The number of hydrogen-bond donors (Lipinski definition) is 3. The molecule has 2 amide bonds. The topological polar surface area (TPSA) is 130 Å². The van der Waals surface area contributed by atoms with Crippen molar-refractivity contribution in [3.63, 3.8) is 0 Å². The standard InChI is InChI=1S/C21H28N4O5/c1-13(2)16(21(30)24-15(12-26)10-20(28)29)11-19(27)22-8-9-25-14(3)23-17-6-4-5-7-18(17)25/h4-7,12-13,15-16H,8-11H2,1-3H3,(H,22,27)(H,24,30)(H,28,29). The molecule has 2 unspecified atom stereocenters. The van der Waals surface area contributed by atoms with Crippen molar-refractivity contribution in [2.24, 2.45) is 11.8 Å². The van der Waals surface area contributed by atoms with Gasteiger partial charge in [0.05, 0.1) is 23.5 Å². The number of carbonyl (C=O) groups is 4. The summed E-state index contributed by atoms with van der Waals surface area (Å²) in [6.45, 7) is 6.42. The number of aliphatic carboxylic acids is 1. The third-order valence-corrected chi connectivity index (χ3v) is 4.94. The minimum absolute atomic E-state index is 0.0498. The van der Waals surface area contributed by atoms with Crippen molar-refractivity contribution in [2.75, 3.05) is 6.54 Å². The number of amides is 2. The highest BCUT2D eigenvalue weighted by Crippen LogP contribution is 2.17. The Bertz CT molecular complexity index is 921. The molecule has 2 atom stereocenters. The van der Waals surface area contributed by atoms with Gasteiger partial charge in [-0.05, 0) is 25.0 Å². The summed E-state index contributed by atoms with van der Waals surface area (Å²) in [6, 6.07) is 6.64. The number of para-hydroxylation sites is 2. The number of aldehydes is 1. The van der Waals surface area contributed by atoms with Crippen LogP contribution < -0.4 is 10.6 Å². The molecule has 2 aromatic rings. The van der Waals surface area contributed by atoms with Crippen molar-refractivity contribution in [3.8, 4) is 0 Å². The normalized spacial score (nSPS) is 13.1. The maximum absolute atomic E-state index is 12.5. The zero-order chi connectivity index (χ0) is 22.3. The lowest BCUT2D eigenvalue weighted by Gasteiger charge is -2.21. The first-order valence-corrected chi connectivity index (χ1v) is 9.89. The molecule has 0 fully saturated rings. The number of aryl methyl sites for hydroxylation is 1. The van der Waals surface area contributed by atoms with E-state index >= 15 is 0 Å². The van der Waals surface area contributed by atoms with Crippen molar-refractivity contribution >= 4 is 35.1 Å². The predicted octanol–water partition coefficient (Wildman–Crippen LogP) is 1.28. The fourth-order valence-corrected chi connectivity index (χ4v) is 3.30. The van der Waals surface area contributed by atoms with E-state index < -0.39 is 30.3 Å². The van der Waals surface area contributed by atoms with Crippen molar-refractivity contribution in [3.05, 3.63) is 30.1 Å². The molecule has 0 spiro atoms. The number of hydrogen-bond acceptors (Lipinski definition) is 5. The molecule has 0 aliphatic heterocycles. The number of benzene rings is 1. The minimum Gasteiger partial charge on any atom is -0.481 e. The molecule has 0 saturated carbocycles. The van der Waals surface area contributed by atoms with Crippen molar-refractivity contribution in [1.29, 1.82) is 0 Å². The van der Waals surface area contributed by atoms with Crippen LogP contribution in [0.3, 0.4) is 0 Å². The van der Waals surface area contributed by atoms with E-state index in [1.165, 1.54) is 0 Å². The Morgan fingerprint density at radius 2 is 1.90 bits per heavy atom. The molecule has 2 rings (SSSR count). The number of aromatic nitrogens is 2. The number of rotatable bonds is 11. The summed E-state index contributed by atoms with van der Waals surface area (Å²) in [5.74, 6) is -1.96. The average Bonchev–Trinajstić information content (AvgIpc) is 3.00. The quantitative estimate of drug-likeness (QED) is 0.473. The molecule has 0 bridgehead atoms. The first-order chi connectivity index (χ1) is 14.2. The van der Waals surface area contributed by atoms with Crippen LogP contribution in [0, 0.1) is 18.8 Å². The van der Waals surface area contributed by atoms with Gasteiger partial charge in [-0.2, -0.15) is 0 Å². The lowest BCUT2D eigenvalue weighted by molar-refractivity contribution is -0.139. The lowest BCUT2D eigenvalue weighted by atomic mass is 9.91. The summed E-state index contributed by atoms with van der Waals surface area (Å²) in [6.07, 6.45) is -0.155. The second-order valence-corrected chi connectivity index (χ2v) is 7.55. The van der Waals surface area contributed by atoms with Crippen LogP contribution in [-0.4, -0.2) is 51.3 Å². The fraction of sp³-hybridized carbons (Fsp3) is 0.476. The van der Waals surface area contributed by atoms with E-state index in [0.29, 0.717) is 19.4 Å². The Morgan fingerprint density at radius 3 is 2.53 bits per heavy atom. The van der Waals surface area contributed by atoms with E-state index in [1.807, 2.05) is 35.8 Å². The van der Waals surface area contributed by atoms with Gasteiger partial charge in [-0.1, -0.05) is 26.0 Å². The van der Waals surface area contributed by atoms with Crippen LogP contribution in [-0.2, 0) is 25.7 Å². The molecule has 1 aromatic heterocycles. The fourth-order valence-electron chi connectivity index (χ4n) is 3.30. The van der Waals surface area contributed by atoms with Crippen LogP contribution in [0.15, 0.2) is 24.3 Å². The molecule has 1 aromatic carbocycles. The third kappa shape index (κ3) is 6.13. The van der Waals surface area contributed by atoms with Gasteiger partial charge in [-0.3, -0.25) is 14.4 Å². The molecule has 9 heteroatoms. The summed E-state index contributed by atoms with van der Waals surface area (Å²) >= 11 is 0. The highest BCUT2D eigenvalue weighted by Gasteiger charge is 2.27. The number of fused-ring (bicyclic) bond motifs is 1. The molecule has 9 nitrogen and oxygen atoms in total. The van der Waals surface area contributed by atoms with Crippen molar-refractivity contribution < 1.29 is 24.3 Å². The van der Waals surface area contributed by atoms with E-state index in [9.17, 15) is 19.2 Å². The van der Waals surface area contributed by atoms with Crippen LogP contribution >= 0.6 is 0 Å². The molecular weight excluding hydrogens is 388 g/mol. The van der Waals surface area contributed by atoms with Crippen LogP contribution in [0.4, 0.5) is 0 Å². The smallest absolute Gasteiger partial charge is 0.305 e. The SMILES string of the molecule is Cc1nc2ccccc2n1CCNC(=O)CC(C(=O)NC(C=O)CC(=O)O)C(C)C. The van der Waals surface area contributed by atoms with E-state index in [2.05, 4.69) is 15.6 Å². The summed E-state index contributed by atoms with van der Waals surface area (Å²) < 4.78 is 2.02. The summed E-state index contributed by atoms with van der Waals surface area (Å²) in [5.41, 5.74) is 1.88. The zero-order valence-electron chi connectivity index (χ0n) is 17.4. The minimum atomic E-state index is -1.19. The van der Waals surface area contributed by atoms with E-state index in [-0.39, 0.29) is 18.2 Å². The number of nitrogens with one attached hydrogen (secondary N) is 2. The number of carboxylic acid groups (broad SMARTS) is 1. The molecule has 0 aliphatic rings. The van der Waals surface area contributed by atoms with Crippen molar-refractivity contribution in [1.82, 2.24) is 20.2 Å². The molecule has 3 N–H and O–H groups in total. The van der Waals surface area contributed by atoms with E-state index in [1.54, 1.807) is 13.8 Å². The van der Waals surface area contributed by atoms with Crippen LogP contribution in [0.2, 0.25) is 0 Å². The summed E-state index contributed by atoms with van der Waals surface area (Å²) in [5, 5.41) is 14.0. The first-order valence-electron chi connectivity index (χ1n) is 9.89. The first kappa shape index (κ1) is 23.1. The molecule has 0 saturated heterocycles. The number of carboxylic acids is 1. The van der Waals surface area contributed by atoms with Gasteiger partial charge in [0.15, 0.2) is 0 Å². The highest BCUT2D eigenvalue weighted by molar-refractivity contribution is 5.88. The molecule has 30 heavy (non-hydrogen) atoms. The Kier molecular flexibility index (Phi) is 8.08. The average molecular weight is 416 g/mol. The number of nitrogens with zero attached hydrogens (tertiary/aromatic N) is 2. The molecule has 162 valence electrons. The van der Waals surface area contributed by atoms with E-state index in [4.69, 9.17) is 5.11 Å². The Balaban J connectivity index is 1.91. The van der Waals surface area contributed by atoms with Crippen molar-refractivity contribution in [2.45, 2.75) is 46.2 Å². The van der Waals surface area contributed by atoms with Gasteiger partial charge >= 0.3 is 5.97 Å². The van der Waals surface area contributed by atoms with E-state index in [0.717, 1.165) is 16.9 Å². The van der Waals surface area contributed by atoms with Gasteiger partial charge in [0.25, 0.3) is 0 Å². The second-order valence-electron chi connectivity index (χ2n) is 7.55. The second kappa shape index (κ2) is 10.5. The Morgan fingerprint density at radius 1 is 1.20 bits per heavy atom. The van der Waals surface area contributed by atoms with Gasteiger partial charge in [0.1, 0.15) is 12.1 Å². The zero-order valence-corrected chi connectivity index (χ0v) is 17.4. The lowest BCUT2D eigenvalue weighted by Crippen LogP contribution is -2.44. The Labute approximate surface area is 174 Å². The maximum atomic E-state index is 12.5. The predicted molar refractivity (Wildman–Crippen MR) is 111 cm³/mol. The van der Waals surface area contributed by atoms with Gasteiger partial charge in [-0.15, -0.1) is 0 Å². The van der Waals surface area contributed by atoms with Gasteiger partial charge in [0.2, 0.25) is 11.8 Å². The summed E-state index contributed by atoms with van der Waals surface area (Å²) in [7, 11) is 0. The molecule has 0 radical (unpaired) electrons. The number of imidazole rings is 1. The maximum Gasteiger partial charge on any atom is 0.305 e. The molecule has 0 aliphatic carbocycles. The summed E-state index contributed by atoms with van der Waals surface area (Å²) in [4.78, 5) is 51.1. The number of carbonyl (C=O) groups excluding carboxylic acids is 3. The van der Waals surface area contributed by atoms with Gasteiger partial charge in [-0.25, -0.2) is 4.98 Å². The third-order valence-electron chi connectivity index (χ3n) is 4.94. The largest absolute Gasteiger partial charge is 0.481 e. The van der Waals surface area contributed by atoms with Crippen LogP contribution in [0.25, 0.3) is 11.0 Å². The van der Waals surface area contributed by atoms with Gasteiger partial charge < -0.3 is 25.1 Å². The van der Waals surface area contributed by atoms with Gasteiger partial charge in [0, 0.05) is 25.4 Å². The van der Waals surface area contributed by atoms with Crippen LogP contribution in [0.1, 0.15) is 32.5 Å².